The number of nitrogens with zero attached hydrogens (tertiary/aromatic N) is 1. The second-order valence-electron chi connectivity index (χ2n) is 3.74. The van der Waals surface area contributed by atoms with Gasteiger partial charge in [0.05, 0.1) is 5.75 Å². The molecular formula is C10H13FN2O4S. The van der Waals surface area contributed by atoms with Gasteiger partial charge in [-0.15, -0.1) is 0 Å². The molecule has 0 bridgehead atoms. The van der Waals surface area contributed by atoms with Crippen molar-refractivity contribution in [1.29, 1.82) is 0 Å². The zero-order valence-corrected chi connectivity index (χ0v) is 10.5. The molecule has 0 saturated heterocycles. The molecule has 0 atom stereocenters. The lowest BCUT2D eigenvalue weighted by molar-refractivity contribution is 0.0692. The molecule has 100 valence electrons. The first-order valence-electron chi connectivity index (χ1n) is 5.10. The number of aromatic carboxylic acids is 1. The lowest BCUT2D eigenvalue weighted by Gasteiger charge is -2.07. The number of pyridine rings is 1. The normalized spacial score (nSPS) is 11.2. The Labute approximate surface area is 104 Å². The first-order valence-corrected chi connectivity index (χ1v) is 7.16. The Hall–Kier alpha value is -1.70. The Morgan fingerprint density at radius 3 is 2.78 bits per heavy atom. The summed E-state index contributed by atoms with van der Waals surface area (Å²) in [6.45, 7) is 0.195. The third-order valence-electron chi connectivity index (χ3n) is 2.10. The number of hydrogen-bond acceptors (Lipinski definition) is 5. The second kappa shape index (κ2) is 5.76. The van der Waals surface area contributed by atoms with Crippen molar-refractivity contribution in [1.82, 2.24) is 4.98 Å². The molecule has 0 saturated carbocycles. The van der Waals surface area contributed by atoms with E-state index in [-0.39, 0.29) is 24.5 Å². The largest absolute Gasteiger partial charge is 0.478 e. The van der Waals surface area contributed by atoms with E-state index in [9.17, 15) is 17.6 Å². The summed E-state index contributed by atoms with van der Waals surface area (Å²) in [4.78, 5) is 14.3. The average Bonchev–Trinajstić information content (AvgIpc) is 2.24. The topological polar surface area (TPSA) is 96.4 Å². The molecule has 0 aromatic carbocycles. The van der Waals surface area contributed by atoms with E-state index >= 15 is 0 Å². The van der Waals surface area contributed by atoms with Crippen LogP contribution in [0.3, 0.4) is 0 Å². The molecule has 8 heteroatoms. The lowest BCUT2D eigenvalue weighted by atomic mass is 10.2. The minimum atomic E-state index is -3.06. The number of carbonyl (C=O) groups is 1. The minimum absolute atomic E-state index is 0.0275. The van der Waals surface area contributed by atoms with Gasteiger partial charge in [0.15, 0.2) is 11.6 Å². The van der Waals surface area contributed by atoms with Crippen LogP contribution in [-0.2, 0) is 9.84 Å². The van der Waals surface area contributed by atoms with Crippen molar-refractivity contribution in [3.8, 4) is 0 Å². The quantitative estimate of drug-likeness (QED) is 0.745. The van der Waals surface area contributed by atoms with E-state index in [1.807, 2.05) is 0 Å². The second-order valence-corrected chi connectivity index (χ2v) is 6.00. The van der Waals surface area contributed by atoms with E-state index in [0.29, 0.717) is 0 Å². The van der Waals surface area contributed by atoms with Crippen molar-refractivity contribution in [2.45, 2.75) is 6.42 Å². The van der Waals surface area contributed by atoms with Crippen molar-refractivity contribution in [3.05, 3.63) is 23.6 Å². The molecule has 2 N–H and O–H groups in total. The molecule has 1 aromatic rings. The van der Waals surface area contributed by atoms with Crippen LogP contribution in [0.1, 0.15) is 16.8 Å². The third kappa shape index (κ3) is 4.28. The summed E-state index contributed by atoms with van der Waals surface area (Å²) in [7, 11) is -3.06. The van der Waals surface area contributed by atoms with Gasteiger partial charge in [-0.05, 0) is 12.5 Å². The number of carboxylic acid groups (broad SMARTS) is 1. The van der Waals surface area contributed by atoms with Crippen LogP contribution in [-0.4, -0.2) is 43.0 Å². The number of halogens is 1. The molecule has 0 aliphatic rings. The van der Waals surface area contributed by atoms with Crippen LogP contribution in [0.25, 0.3) is 0 Å². The van der Waals surface area contributed by atoms with Crippen LogP contribution in [0.4, 0.5) is 10.2 Å². The molecule has 0 aliphatic carbocycles. The standard InChI is InChI=1S/C10H13FN2O4S/c1-18(16,17)6-2-4-12-9-8(11)7(10(14)15)3-5-13-9/h3,5H,2,4,6H2,1H3,(H,12,13)(H,14,15). The van der Waals surface area contributed by atoms with Gasteiger partial charge < -0.3 is 10.4 Å². The van der Waals surface area contributed by atoms with E-state index in [1.54, 1.807) is 0 Å². The van der Waals surface area contributed by atoms with Crippen LogP contribution >= 0.6 is 0 Å². The molecule has 0 spiro atoms. The van der Waals surface area contributed by atoms with Gasteiger partial charge in [-0.2, -0.15) is 0 Å². The van der Waals surface area contributed by atoms with Crippen LogP contribution in [0.2, 0.25) is 0 Å². The van der Waals surface area contributed by atoms with Crippen molar-refractivity contribution in [2.24, 2.45) is 0 Å². The minimum Gasteiger partial charge on any atom is -0.478 e. The predicted octanol–water partition coefficient (Wildman–Crippen LogP) is 0.766. The van der Waals surface area contributed by atoms with Crippen LogP contribution < -0.4 is 5.32 Å². The molecule has 1 rings (SSSR count). The Kier molecular flexibility index (Phi) is 4.60. The van der Waals surface area contributed by atoms with Crippen LogP contribution in [0.15, 0.2) is 12.3 Å². The van der Waals surface area contributed by atoms with Gasteiger partial charge in [0, 0.05) is 19.0 Å². The lowest BCUT2D eigenvalue weighted by Crippen LogP contribution is -2.12. The molecular weight excluding hydrogens is 263 g/mol. The highest BCUT2D eigenvalue weighted by atomic mass is 32.2. The van der Waals surface area contributed by atoms with Gasteiger partial charge in [-0.1, -0.05) is 0 Å². The first kappa shape index (κ1) is 14.4. The molecule has 0 unspecified atom stereocenters. The number of nitrogens with one attached hydrogen (secondary N) is 1. The summed E-state index contributed by atoms with van der Waals surface area (Å²) < 4.78 is 35.3. The highest BCUT2D eigenvalue weighted by Gasteiger charge is 2.14. The summed E-state index contributed by atoms with van der Waals surface area (Å²) in [6, 6.07) is 1.05. The molecule has 0 aliphatic heterocycles. The first-order chi connectivity index (χ1) is 8.31. The van der Waals surface area contributed by atoms with Crippen molar-refractivity contribution >= 4 is 21.6 Å². The van der Waals surface area contributed by atoms with Gasteiger partial charge in [0.25, 0.3) is 0 Å². The molecule has 1 heterocycles. The molecule has 0 fully saturated rings. The number of anilines is 1. The number of aromatic nitrogens is 1. The van der Waals surface area contributed by atoms with E-state index in [2.05, 4.69) is 10.3 Å². The Balaban J connectivity index is 2.63. The fraction of sp³-hybridized carbons (Fsp3) is 0.400. The van der Waals surface area contributed by atoms with Crippen molar-refractivity contribution in [2.75, 3.05) is 23.9 Å². The average molecular weight is 276 g/mol. The molecule has 6 nitrogen and oxygen atoms in total. The van der Waals surface area contributed by atoms with Crippen LogP contribution in [0, 0.1) is 5.82 Å². The molecule has 0 radical (unpaired) electrons. The molecule has 1 aromatic heterocycles. The SMILES string of the molecule is CS(=O)(=O)CCCNc1nccc(C(=O)O)c1F. The van der Waals surface area contributed by atoms with E-state index in [1.165, 1.54) is 6.20 Å². The van der Waals surface area contributed by atoms with Gasteiger partial charge in [-0.3, -0.25) is 0 Å². The van der Waals surface area contributed by atoms with Gasteiger partial charge >= 0.3 is 5.97 Å². The fourth-order valence-electron chi connectivity index (χ4n) is 1.27. The number of hydrogen-bond donors (Lipinski definition) is 2. The zero-order chi connectivity index (χ0) is 13.8. The molecule has 0 amide bonds. The zero-order valence-electron chi connectivity index (χ0n) is 9.68. The number of carboxylic acids is 1. The van der Waals surface area contributed by atoms with Crippen LogP contribution in [0.5, 0.6) is 0 Å². The summed E-state index contributed by atoms with van der Waals surface area (Å²) in [5, 5.41) is 11.3. The smallest absolute Gasteiger partial charge is 0.338 e. The summed E-state index contributed by atoms with van der Waals surface area (Å²) >= 11 is 0. The van der Waals surface area contributed by atoms with Gasteiger partial charge in [-0.25, -0.2) is 22.6 Å². The van der Waals surface area contributed by atoms with E-state index in [4.69, 9.17) is 5.11 Å². The Morgan fingerprint density at radius 2 is 2.22 bits per heavy atom. The van der Waals surface area contributed by atoms with Gasteiger partial charge in [0.2, 0.25) is 0 Å². The maximum absolute atomic E-state index is 13.6. The Bertz CT molecular complexity index is 545. The summed E-state index contributed by atoms with van der Waals surface area (Å²) in [5.74, 6) is -2.55. The van der Waals surface area contributed by atoms with Crippen molar-refractivity contribution in [3.63, 3.8) is 0 Å². The fourth-order valence-corrected chi connectivity index (χ4v) is 1.94. The van der Waals surface area contributed by atoms with Crippen molar-refractivity contribution < 1.29 is 22.7 Å². The summed E-state index contributed by atoms with van der Waals surface area (Å²) in [6.07, 6.45) is 2.57. The predicted molar refractivity (Wildman–Crippen MR) is 64.0 cm³/mol. The monoisotopic (exact) mass is 276 g/mol. The number of sulfone groups is 1. The number of rotatable bonds is 6. The van der Waals surface area contributed by atoms with Gasteiger partial charge in [0.1, 0.15) is 15.4 Å². The maximum Gasteiger partial charge on any atom is 0.338 e. The maximum atomic E-state index is 13.6. The van der Waals surface area contributed by atoms with E-state index in [0.717, 1.165) is 12.3 Å². The third-order valence-corrected chi connectivity index (χ3v) is 3.13. The Morgan fingerprint density at radius 1 is 1.56 bits per heavy atom. The highest BCUT2D eigenvalue weighted by Crippen LogP contribution is 2.14. The summed E-state index contributed by atoms with van der Waals surface area (Å²) in [5.41, 5.74) is -0.476. The molecule has 18 heavy (non-hydrogen) atoms. The van der Waals surface area contributed by atoms with E-state index < -0.39 is 27.2 Å². The highest BCUT2D eigenvalue weighted by molar-refractivity contribution is 7.90.